The van der Waals surface area contributed by atoms with E-state index in [1.165, 1.54) is 23.1 Å². The number of halogens is 4. The number of likely N-dealkylation sites (tertiary alicyclic amines) is 1. The van der Waals surface area contributed by atoms with E-state index in [2.05, 4.69) is 0 Å². The molecule has 2 aliphatic rings. The van der Waals surface area contributed by atoms with E-state index in [-0.39, 0.29) is 17.4 Å². The van der Waals surface area contributed by atoms with Crippen LogP contribution in [0.25, 0.3) is 11.1 Å². The van der Waals surface area contributed by atoms with E-state index in [0.29, 0.717) is 31.0 Å². The number of alkyl halides is 2. The monoisotopic (exact) mass is 391 g/mol. The second-order valence-electron chi connectivity index (χ2n) is 8.17. The lowest BCUT2D eigenvalue weighted by molar-refractivity contribution is -0.155. The highest BCUT2D eigenvalue weighted by Crippen LogP contribution is 2.55. The summed E-state index contributed by atoms with van der Waals surface area (Å²) in [6.45, 7) is 0.917. The van der Waals surface area contributed by atoms with E-state index in [1.807, 2.05) is 0 Å². The van der Waals surface area contributed by atoms with Gasteiger partial charge < -0.3 is 4.90 Å². The number of carbonyl (C=O) groups excluding carboxylic acids is 1. The molecule has 0 N–H and O–H groups in total. The fraction of sp³-hybridized carbons (Fsp3) is 0.409. The molecule has 1 aliphatic heterocycles. The summed E-state index contributed by atoms with van der Waals surface area (Å²) in [6.07, 6.45) is 2.60. The van der Waals surface area contributed by atoms with Crippen LogP contribution in [0.5, 0.6) is 0 Å². The van der Waals surface area contributed by atoms with Crippen LogP contribution in [-0.2, 0) is 11.2 Å². The Morgan fingerprint density at radius 2 is 1.89 bits per heavy atom. The van der Waals surface area contributed by atoms with Crippen molar-refractivity contribution < 1.29 is 22.4 Å². The van der Waals surface area contributed by atoms with Crippen LogP contribution in [0.1, 0.15) is 31.7 Å². The lowest BCUT2D eigenvalue weighted by Crippen LogP contribution is -2.45. The van der Waals surface area contributed by atoms with Gasteiger partial charge in [-0.1, -0.05) is 30.3 Å². The van der Waals surface area contributed by atoms with E-state index in [9.17, 15) is 18.0 Å². The Labute approximate surface area is 161 Å². The number of carbonyl (C=O) groups is 1. The predicted octanol–water partition coefficient (Wildman–Crippen LogP) is 5.21. The molecule has 0 aromatic heterocycles. The topological polar surface area (TPSA) is 20.3 Å². The maximum Gasteiger partial charge on any atom is 0.322 e. The smallest absolute Gasteiger partial charge is 0.322 e. The Morgan fingerprint density at radius 1 is 1.18 bits per heavy atom. The molecule has 1 aliphatic carbocycles. The first kappa shape index (κ1) is 19.0. The Hall–Kier alpha value is -2.37. The van der Waals surface area contributed by atoms with Gasteiger partial charge in [-0.05, 0) is 54.4 Å². The van der Waals surface area contributed by atoms with Gasteiger partial charge in [0.15, 0.2) is 0 Å². The number of rotatable bonds is 4. The summed E-state index contributed by atoms with van der Waals surface area (Å²) >= 11 is 0. The van der Waals surface area contributed by atoms with Crippen LogP contribution in [0, 0.1) is 17.0 Å². The van der Waals surface area contributed by atoms with Gasteiger partial charge in [-0.2, -0.15) is 8.78 Å². The molecule has 0 unspecified atom stereocenters. The molecule has 4 rings (SSSR count). The minimum atomic E-state index is -3.44. The Bertz CT molecular complexity index is 917. The molecule has 148 valence electrons. The molecule has 2 fully saturated rings. The van der Waals surface area contributed by atoms with Crippen molar-refractivity contribution in [1.82, 2.24) is 4.90 Å². The molecule has 1 saturated carbocycles. The number of hydrogen-bond donors (Lipinski definition) is 0. The normalized spacial score (nSPS) is 20.6. The van der Waals surface area contributed by atoms with Crippen molar-refractivity contribution in [3.8, 4) is 11.1 Å². The van der Waals surface area contributed by atoms with E-state index in [4.69, 9.17) is 0 Å². The maximum atomic E-state index is 15.1. The zero-order valence-electron chi connectivity index (χ0n) is 15.5. The van der Waals surface area contributed by atoms with Gasteiger partial charge in [0, 0.05) is 25.1 Å². The first-order chi connectivity index (χ1) is 13.2. The third kappa shape index (κ3) is 3.52. The van der Waals surface area contributed by atoms with Gasteiger partial charge in [0.05, 0.1) is 0 Å². The van der Waals surface area contributed by atoms with E-state index in [0.717, 1.165) is 12.8 Å². The van der Waals surface area contributed by atoms with Crippen molar-refractivity contribution >= 4 is 5.91 Å². The molecule has 1 saturated heterocycles. The van der Waals surface area contributed by atoms with Gasteiger partial charge in [-0.25, -0.2) is 8.78 Å². The maximum absolute atomic E-state index is 15.1. The highest BCUT2D eigenvalue weighted by Gasteiger charge is 2.55. The lowest BCUT2D eigenvalue weighted by atomic mass is 9.95. The average molecular weight is 391 g/mol. The van der Waals surface area contributed by atoms with Crippen molar-refractivity contribution in [3.63, 3.8) is 0 Å². The molecule has 0 bridgehead atoms. The fourth-order valence-electron chi connectivity index (χ4n) is 4.25. The van der Waals surface area contributed by atoms with Gasteiger partial charge in [-0.3, -0.25) is 4.79 Å². The largest absolute Gasteiger partial charge is 0.334 e. The highest BCUT2D eigenvalue weighted by atomic mass is 19.3. The summed E-state index contributed by atoms with van der Waals surface area (Å²) in [5.74, 6) is -5.60. The summed E-state index contributed by atoms with van der Waals surface area (Å²) in [5, 5.41) is 0. The minimum Gasteiger partial charge on any atom is -0.334 e. The van der Waals surface area contributed by atoms with Crippen molar-refractivity contribution in [2.45, 2.75) is 44.6 Å². The highest BCUT2D eigenvalue weighted by molar-refractivity contribution is 5.83. The number of hydrogen-bond acceptors (Lipinski definition) is 1. The molecule has 0 radical (unpaired) electrons. The summed E-state index contributed by atoms with van der Waals surface area (Å²) < 4.78 is 56.0. The van der Waals surface area contributed by atoms with Crippen LogP contribution < -0.4 is 0 Å². The first-order valence-electron chi connectivity index (χ1n) is 9.41. The second kappa shape index (κ2) is 6.61. The Morgan fingerprint density at radius 3 is 2.54 bits per heavy atom. The molecule has 1 amide bonds. The van der Waals surface area contributed by atoms with Gasteiger partial charge >= 0.3 is 5.92 Å². The number of nitrogens with zero attached hydrogens (tertiary/aromatic N) is 1. The molecular formula is C22H21F4NO. The lowest BCUT2D eigenvalue weighted by Gasteiger charge is -2.27. The summed E-state index contributed by atoms with van der Waals surface area (Å²) in [4.78, 5) is 13.5. The Kier molecular flexibility index (Phi) is 4.47. The van der Waals surface area contributed by atoms with Crippen LogP contribution >= 0.6 is 0 Å². The minimum absolute atomic E-state index is 0.0811. The second-order valence-corrected chi connectivity index (χ2v) is 8.17. The zero-order chi connectivity index (χ0) is 20.1. The molecule has 2 aromatic carbocycles. The van der Waals surface area contributed by atoms with Gasteiger partial charge in [0.25, 0.3) is 5.91 Å². The van der Waals surface area contributed by atoms with Crippen molar-refractivity contribution in [3.05, 3.63) is 59.7 Å². The molecule has 2 nitrogen and oxygen atoms in total. The van der Waals surface area contributed by atoms with Crippen LogP contribution in [0.3, 0.4) is 0 Å². The third-order valence-electron chi connectivity index (χ3n) is 5.88. The first-order valence-corrected chi connectivity index (χ1v) is 9.41. The fourth-order valence-corrected chi connectivity index (χ4v) is 4.25. The molecular weight excluding hydrogens is 370 g/mol. The summed E-state index contributed by atoms with van der Waals surface area (Å²) in [5.41, 5.74) is 0.941. The van der Waals surface area contributed by atoms with Gasteiger partial charge in [0.1, 0.15) is 11.6 Å². The summed E-state index contributed by atoms with van der Waals surface area (Å²) in [6, 6.07) is 10.0. The third-order valence-corrected chi connectivity index (χ3v) is 5.88. The van der Waals surface area contributed by atoms with E-state index < -0.39 is 29.5 Å². The zero-order valence-corrected chi connectivity index (χ0v) is 15.5. The molecule has 1 spiro atoms. The molecule has 1 atom stereocenters. The quantitative estimate of drug-likeness (QED) is 0.655. The average Bonchev–Trinajstić information content (AvgIpc) is 3.28. The Balaban J connectivity index is 1.63. The van der Waals surface area contributed by atoms with Crippen molar-refractivity contribution in [1.29, 1.82) is 0 Å². The van der Waals surface area contributed by atoms with Gasteiger partial charge in [-0.15, -0.1) is 0 Å². The predicted molar refractivity (Wildman–Crippen MR) is 97.9 cm³/mol. The molecule has 1 heterocycles. The van der Waals surface area contributed by atoms with E-state index in [1.54, 1.807) is 24.3 Å². The molecule has 28 heavy (non-hydrogen) atoms. The standard InChI is InChI=1S/C22H21F4NO/c1-21(25,26)20(28)27-13-22(8-9-22)12-17(27)11-15-5-3-7-18(19(15)24)14-4-2-6-16(23)10-14/h2-7,10,17H,8-9,11-13H2,1H3/t17-/m0/s1. The number of benzene rings is 2. The van der Waals surface area contributed by atoms with Crippen LogP contribution in [0.2, 0.25) is 0 Å². The SMILES string of the molecule is CC(F)(F)C(=O)N1CC2(CC2)C[C@@H]1Cc1cccc(-c2cccc(F)c2)c1F. The van der Waals surface area contributed by atoms with Gasteiger partial charge in [0.2, 0.25) is 0 Å². The van der Waals surface area contributed by atoms with Crippen LogP contribution in [0.4, 0.5) is 17.6 Å². The summed E-state index contributed by atoms with van der Waals surface area (Å²) in [7, 11) is 0. The van der Waals surface area contributed by atoms with Crippen molar-refractivity contribution in [2.24, 2.45) is 5.41 Å². The number of amides is 1. The van der Waals surface area contributed by atoms with E-state index >= 15 is 4.39 Å². The molecule has 2 aromatic rings. The molecule has 6 heteroatoms. The van der Waals surface area contributed by atoms with Crippen molar-refractivity contribution in [2.75, 3.05) is 6.54 Å². The van der Waals surface area contributed by atoms with Crippen LogP contribution in [-0.4, -0.2) is 29.3 Å². The van der Waals surface area contributed by atoms with Crippen LogP contribution in [0.15, 0.2) is 42.5 Å².